The molecule has 0 spiro atoms. The lowest BCUT2D eigenvalue weighted by Gasteiger charge is -2.08. The molecule has 2 heteroatoms. The predicted molar refractivity (Wildman–Crippen MR) is 48.1 cm³/mol. The number of aliphatic hydroxyl groups is 1. The van der Waals surface area contributed by atoms with E-state index in [1.54, 1.807) is 19.1 Å². The van der Waals surface area contributed by atoms with E-state index in [1.807, 2.05) is 13.0 Å². The van der Waals surface area contributed by atoms with E-state index in [9.17, 15) is 10.2 Å². The van der Waals surface area contributed by atoms with Gasteiger partial charge in [0.1, 0.15) is 5.75 Å². The van der Waals surface area contributed by atoms with Gasteiger partial charge in [0, 0.05) is 5.56 Å². The Morgan fingerprint density at radius 3 is 2.50 bits per heavy atom. The van der Waals surface area contributed by atoms with Crippen molar-refractivity contribution < 1.29 is 10.2 Å². The smallest absolute Gasteiger partial charge is 0.121 e. The number of phenols is 1. The Labute approximate surface area is 72.5 Å². The Balaban J connectivity index is 3.03. The first-order valence-corrected chi connectivity index (χ1v) is 4.15. The zero-order valence-electron chi connectivity index (χ0n) is 7.41. The Kier molecular flexibility index (Phi) is 2.71. The number of benzene rings is 1. The van der Waals surface area contributed by atoms with Gasteiger partial charge >= 0.3 is 0 Å². The number of rotatable bonds is 2. The molecule has 1 aromatic carbocycles. The summed E-state index contributed by atoms with van der Waals surface area (Å²) in [6, 6.07) is 5.38. The number of aromatic hydroxyl groups is 1. The maximum atomic E-state index is 9.43. The normalized spacial score (nSPS) is 12.9. The van der Waals surface area contributed by atoms with Crippen LogP contribution in [0.5, 0.6) is 5.75 Å². The van der Waals surface area contributed by atoms with Crippen LogP contribution in [0.15, 0.2) is 18.2 Å². The minimum Gasteiger partial charge on any atom is -0.508 e. The van der Waals surface area contributed by atoms with Crippen molar-refractivity contribution in [1.29, 1.82) is 0 Å². The molecule has 1 rings (SSSR count). The van der Waals surface area contributed by atoms with Crippen molar-refractivity contribution in [1.82, 2.24) is 0 Å². The topological polar surface area (TPSA) is 40.5 Å². The third-order valence-corrected chi connectivity index (χ3v) is 1.95. The van der Waals surface area contributed by atoms with E-state index < -0.39 is 6.10 Å². The van der Waals surface area contributed by atoms with Crippen LogP contribution in [-0.2, 0) is 6.42 Å². The van der Waals surface area contributed by atoms with E-state index >= 15 is 0 Å². The zero-order chi connectivity index (χ0) is 9.14. The number of aliphatic hydroxyl groups excluding tert-OH is 1. The second-order valence-corrected chi connectivity index (χ2v) is 2.92. The van der Waals surface area contributed by atoms with Gasteiger partial charge in [-0.05, 0) is 25.0 Å². The Hall–Kier alpha value is -1.02. The molecule has 2 nitrogen and oxygen atoms in total. The fourth-order valence-electron chi connectivity index (χ4n) is 1.16. The SMILES string of the molecule is CCc1ccc(C(C)O)c(O)c1. The highest BCUT2D eigenvalue weighted by atomic mass is 16.3. The van der Waals surface area contributed by atoms with Gasteiger partial charge < -0.3 is 10.2 Å². The van der Waals surface area contributed by atoms with Gasteiger partial charge in [-0.2, -0.15) is 0 Å². The van der Waals surface area contributed by atoms with Crippen molar-refractivity contribution in [2.45, 2.75) is 26.4 Å². The van der Waals surface area contributed by atoms with Crippen LogP contribution in [0, 0.1) is 0 Å². The van der Waals surface area contributed by atoms with E-state index in [0.29, 0.717) is 5.56 Å². The maximum Gasteiger partial charge on any atom is 0.121 e. The predicted octanol–water partition coefficient (Wildman–Crippen LogP) is 2.01. The van der Waals surface area contributed by atoms with Crippen LogP contribution in [0.2, 0.25) is 0 Å². The van der Waals surface area contributed by atoms with Gasteiger partial charge in [-0.1, -0.05) is 19.1 Å². The molecular formula is C10H14O2. The zero-order valence-corrected chi connectivity index (χ0v) is 7.41. The largest absolute Gasteiger partial charge is 0.508 e. The molecule has 2 N–H and O–H groups in total. The fraction of sp³-hybridized carbons (Fsp3) is 0.400. The molecule has 0 fully saturated rings. The molecule has 0 radical (unpaired) electrons. The number of hydrogen-bond acceptors (Lipinski definition) is 2. The molecule has 0 aliphatic heterocycles. The van der Waals surface area contributed by atoms with Gasteiger partial charge in [0.15, 0.2) is 0 Å². The Bertz CT molecular complexity index is 267. The van der Waals surface area contributed by atoms with Crippen LogP contribution in [-0.4, -0.2) is 10.2 Å². The number of aryl methyl sites for hydroxylation is 1. The third kappa shape index (κ3) is 1.77. The van der Waals surface area contributed by atoms with Crippen LogP contribution in [0.4, 0.5) is 0 Å². The van der Waals surface area contributed by atoms with Gasteiger partial charge in [-0.25, -0.2) is 0 Å². The van der Waals surface area contributed by atoms with Crippen molar-refractivity contribution in [3.05, 3.63) is 29.3 Å². The molecule has 12 heavy (non-hydrogen) atoms. The van der Waals surface area contributed by atoms with Crippen LogP contribution >= 0.6 is 0 Å². The summed E-state index contributed by atoms with van der Waals surface area (Å²) in [5, 5.41) is 18.6. The van der Waals surface area contributed by atoms with Crippen molar-refractivity contribution in [3.63, 3.8) is 0 Å². The second kappa shape index (κ2) is 3.59. The highest BCUT2D eigenvalue weighted by Crippen LogP contribution is 2.24. The minimum absolute atomic E-state index is 0.185. The molecule has 0 aliphatic rings. The third-order valence-electron chi connectivity index (χ3n) is 1.95. The van der Waals surface area contributed by atoms with Crippen LogP contribution in [0.1, 0.15) is 31.1 Å². The van der Waals surface area contributed by atoms with E-state index in [0.717, 1.165) is 12.0 Å². The first-order chi connectivity index (χ1) is 5.65. The standard InChI is InChI=1S/C10H14O2/c1-3-8-4-5-9(7(2)11)10(12)6-8/h4-7,11-12H,3H2,1-2H3. The van der Waals surface area contributed by atoms with Crippen LogP contribution in [0.25, 0.3) is 0 Å². The molecule has 0 aliphatic carbocycles. The van der Waals surface area contributed by atoms with Crippen molar-refractivity contribution >= 4 is 0 Å². The molecule has 0 heterocycles. The summed E-state index contributed by atoms with van der Waals surface area (Å²) in [5.41, 5.74) is 1.67. The van der Waals surface area contributed by atoms with Crippen molar-refractivity contribution in [2.75, 3.05) is 0 Å². The minimum atomic E-state index is -0.601. The first kappa shape index (κ1) is 9.07. The molecule has 0 amide bonds. The quantitative estimate of drug-likeness (QED) is 0.705. The molecule has 0 saturated carbocycles. The van der Waals surface area contributed by atoms with E-state index in [-0.39, 0.29) is 5.75 Å². The molecule has 66 valence electrons. The summed E-state index contributed by atoms with van der Waals surface area (Å²) in [4.78, 5) is 0. The summed E-state index contributed by atoms with van der Waals surface area (Å²) in [6.07, 6.45) is 0.295. The lowest BCUT2D eigenvalue weighted by Crippen LogP contribution is -1.92. The second-order valence-electron chi connectivity index (χ2n) is 2.92. The maximum absolute atomic E-state index is 9.43. The van der Waals surface area contributed by atoms with Gasteiger partial charge in [-0.15, -0.1) is 0 Å². The average Bonchev–Trinajstić information content (AvgIpc) is 2.03. The molecular weight excluding hydrogens is 152 g/mol. The molecule has 1 unspecified atom stereocenters. The summed E-state index contributed by atoms with van der Waals surface area (Å²) >= 11 is 0. The molecule has 0 aromatic heterocycles. The molecule has 1 aromatic rings. The molecule has 0 bridgehead atoms. The highest BCUT2D eigenvalue weighted by molar-refractivity contribution is 5.37. The van der Waals surface area contributed by atoms with Gasteiger partial charge in [-0.3, -0.25) is 0 Å². The Morgan fingerprint density at radius 2 is 2.08 bits per heavy atom. The van der Waals surface area contributed by atoms with E-state index in [1.165, 1.54) is 0 Å². The van der Waals surface area contributed by atoms with Crippen LogP contribution < -0.4 is 0 Å². The number of phenolic OH excluding ortho intramolecular Hbond substituents is 1. The lowest BCUT2D eigenvalue weighted by atomic mass is 10.1. The summed E-state index contributed by atoms with van der Waals surface area (Å²) in [5.74, 6) is 0.185. The van der Waals surface area contributed by atoms with Crippen molar-refractivity contribution in [2.24, 2.45) is 0 Å². The summed E-state index contributed by atoms with van der Waals surface area (Å²) in [6.45, 7) is 3.66. The Morgan fingerprint density at radius 1 is 1.42 bits per heavy atom. The van der Waals surface area contributed by atoms with Crippen LogP contribution in [0.3, 0.4) is 0 Å². The van der Waals surface area contributed by atoms with E-state index in [4.69, 9.17) is 0 Å². The highest BCUT2D eigenvalue weighted by Gasteiger charge is 2.06. The van der Waals surface area contributed by atoms with E-state index in [2.05, 4.69) is 0 Å². The van der Waals surface area contributed by atoms with Gasteiger partial charge in [0.05, 0.1) is 6.10 Å². The summed E-state index contributed by atoms with van der Waals surface area (Å²) in [7, 11) is 0. The number of hydrogen-bond donors (Lipinski definition) is 2. The fourth-order valence-corrected chi connectivity index (χ4v) is 1.16. The molecule has 0 saturated heterocycles. The van der Waals surface area contributed by atoms with Crippen molar-refractivity contribution in [3.8, 4) is 5.75 Å². The lowest BCUT2D eigenvalue weighted by molar-refractivity contribution is 0.195. The van der Waals surface area contributed by atoms with Gasteiger partial charge in [0.25, 0.3) is 0 Å². The summed E-state index contributed by atoms with van der Waals surface area (Å²) < 4.78 is 0. The van der Waals surface area contributed by atoms with Gasteiger partial charge in [0.2, 0.25) is 0 Å². The monoisotopic (exact) mass is 166 g/mol. The first-order valence-electron chi connectivity index (χ1n) is 4.15. The molecule has 1 atom stereocenters. The average molecular weight is 166 g/mol.